The standard InChI is InChI=1S/C11H12N2O4/c1-2-17-11(16)8-5-12-9-7(6-14)3-4-13(9)10(8)15/h5-6,14H,2-4H2,1H3/b7-6-. The first-order valence-electron chi connectivity index (χ1n) is 5.29. The van der Waals surface area contributed by atoms with Gasteiger partial charge in [0.2, 0.25) is 0 Å². The van der Waals surface area contributed by atoms with Crippen molar-refractivity contribution in [2.24, 2.45) is 0 Å². The summed E-state index contributed by atoms with van der Waals surface area (Å²) >= 11 is 0. The Labute approximate surface area is 97.2 Å². The van der Waals surface area contributed by atoms with Gasteiger partial charge in [-0.25, -0.2) is 9.78 Å². The van der Waals surface area contributed by atoms with Crippen molar-refractivity contribution in [3.8, 4) is 0 Å². The van der Waals surface area contributed by atoms with Crippen LogP contribution in [0.3, 0.4) is 0 Å². The first kappa shape index (κ1) is 11.4. The van der Waals surface area contributed by atoms with Crippen LogP contribution < -0.4 is 5.56 Å². The van der Waals surface area contributed by atoms with Gasteiger partial charge in [-0.15, -0.1) is 0 Å². The van der Waals surface area contributed by atoms with Crippen molar-refractivity contribution in [1.82, 2.24) is 9.55 Å². The largest absolute Gasteiger partial charge is 0.515 e. The second-order valence-corrected chi connectivity index (χ2v) is 3.58. The molecule has 2 heterocycles. The number of aliphatic hydroxyl groups excluding tert-OH is 1. The van der Waals surface area contributed by atoms with Crippen LogP contribution in [-0.2, 0) is 11.3 Å². The summed E-state index contributed by atoms with van der Waals surface area (Å²) in [5, 5.41) is 8.96. The van der Waals surface area contributed by atoms with Gasteiger partial charge in [-0.05, 0) is 13.3 Å². The van der Waals surface area contributed by atoms with E-state index in [2.05, 4.69) is 4.98 Å². The summed E-state index contributed by atoms with van der Waals surface area (Å²) in [6, 6.07) is 0. The Bertz CT molecular complexity index is 545. The van der Waals surface area contributed by atoms with E-state index in [4.69, 9.17) is 9.84 Å². The molecule has 2 rings (SSSR count). The van der Waals surface area contributed by atoms with Gasteiger partial charge < -0.3 is 9.84 Å². The van der Waals surface area contributed by atoms with Crippen molar-refractivity contribution >= 4 is 11.5 Å². The SMILES string of the molecule is CCOC(=O)c1cnc2n(c1=O)CC/C2=C/O. The van der Waals surface area contributed by atoms with Gasteiger partial charge in [0.05, 0.1) is 12.9 Å². The third kappa shape index (κ3) is 1.82. The topological polar surface area (TPSA) is 81.4 Å². The van der Waals surface area contributed by atoms with Crippen LogP contribution in [0.2, 0.25) is 0 Å². The molecule has 1 aromatic heterocycles. The molecule has 0 amide bonds. The van der Waals surface area contributed by atoms with Gasteiger partial charge in [0.25, 0.3) is 5.56 Å². The van der Waals surface area contributed by atoms with Gasteiger partial charge in [-0.3, -0.25) is 9.36 Å². The van der Waals surface area contributed by atoms with Crippen LogP contribution in [0.15, 0.2) is 17.3 Å². The Morgan fingerprint density at radius 2 is 2.47 bits per heavy atom. The number of fused-ring (bicyclic) bond motifs is 1. The molecule has 1 aliphatic heterocycles. The number of ether oxygens (including phenoxy) is 1. The summed E-state index contributed by atoms with van der Waals surface area (Å²) in [4.78, 5) is 27.4. The molecule has 0 unspecified atom stereocenters. The van der Waals surface area contributed by atoms with Crippen LogP contribution in [0.4, 0.5) is 0 Å². The van der Waals surface area contributed by atoms with Crippen LogP contribution in [0, 0.1) is 0 Å². The van der Waals surface area contributed by atoms with E-state index in [1.807, 2.05) is 0 Å². The highest BCUT2D eigenvalue weighted by molar-refractivity contribution is 5.88. The molecule has 0 atom stereocenters. The number of nitrogens with zero attached hydrogens (tertiary/aromatic N) is 2. The second kappa shape index (κ2) is 4.40. The monoisotopic (exact) mass is 236 g/mol. The molecule has 0 aromatic carbocycles. The summed E-state index contributed by atoms with van der Waals surface area (Å²) in [6.45, 7) is 2.30. The summed E-state index contributed by atoms with van der Waals surface area (Å²) in [5.41, 5.74) is 0.0950. The molecule has 0 saturated carbocycles. The molecular weight excluding hydrogens is 224 g/mol. The molecule has 6 heteroatoms. The zero-order valence-electron chi connectivity index (χ0n) is 9.34. The minimum Gasteiger partial charge on any atom is -0.515 e. The van der Waals surface area contributed by atoms with Crippen LogP contribution >= 0.6 is 0 Å². The fourth-order valence-corrected chi connectivity index (χ4v) is 1.77. The number of allylic oxidation sites excluding steroid dienone is 1. The number of rotatable bonds is 2. The third-order valence-corrected chi connectivity index (χ3v) is 2.59. The summed E-state index contributed by atoms with van der Waals surface area (Å²) < 4.78 is 6.13. The highest BCUT2D eigenvalue weighted by atomic mass is 16.5. The molecule has 0 spiro atoms. The Balaban J connectivity index is 2.49. The van der Waals surface area contributed by atoms with E-state index in [1.54, 1.807) is 6.92 Å². The number of esters is 1. The van der Waals surface area contributed by atoms with E-state index >= 15 is 0 Å². The van der Waals surface area contributed by atoms with Crippen molar-refractivity contribution in [3.63, 3.8) is 0 Å². The van der Waals surface area contributed by atoms with E-state index in [9.17, 15) is 9.59 Å². The number of aliphatic hydroxyl groups is 1. The van der Waals surface area contributed by atoms with E-state index in [0.717, 1.165) is 6.26 Å². The maximum Gasteiger partial charge on any atom is 0.345 e. The lowest BCUT2D eigenvalue weighted by molar-refractivity contribution is 0.0523. The molecule has 1 aromatic rings. The maximum atomic E-state index is 12.0. The van der Waals surface area contributed by atoms with Crippen molar-refractivity contribution in [1.29, 1.82) is 0 Å². The van der Waals surface area contributed by atoms with E-state index in [0.29, 0.717) is 24.4 Å². The van der Waals surface area contributed by atoms with Gasteiger partial charge in [-0.1, -0.05) is 0 Å². The first-order chi connectivity index (χ1) is 8.19. The quantitative estimate of drug-likeness (QED) is 0.604. The lowest BCUT2D eigenvalue weighted by Crippen LogP contribution is -2.27. The molecular formula is C11H12N2O4. The Kier molecular flexibility index (Phi) is 2.95. The van der Waals surface area contributed by atoms with Crippen LogP contribution in [0.5, 0.6) is 0 Å². The second-order valence-electron chi connectivity index (χ2n) is 3.58. The minimum absolute atomic E-state index is 0.0743. The van der Waals surface area contributed by atoms with Crippen LogP contribution in [0.1, 0.15) is 29.5 Å². The van der Waals surface area contributed by atoms with Gasteiger partial charge in [0.1, 0.15) is 11.4 Å². The lowest BCUT2D eigenvalue weighted by Gasteiger charge is -2.05. The van der Waals surface area contributed by atoms with Gasteiger partial charge >= 0.3 is 5.97 Å². The van der Waals surface area contributed by atoms with E-state index < -0.39 is 11.5 Å². The van der Waals surface area contributed by atoms with Gasteiger partial charge in [0.15, 0.2) is 0 Å². The van der Waals surface area contributed by atoms with E-state index in [1.165, 1.54) is 10.8 Å². The molecule has 90 valence electrons. The normalized spacial score (nSPS) is 15.9. The summed E-state index contributed by atoms with van der Waals surface area (Å²) in [7, 11) is 0. The average Bonchev–Trinajstić information content (AvgIpc) is 2.73. The predicted octanol–water partition coefficient (Wildman–Crippen LogP) is 0.723. The molecule has 0 aliphatic carbocycles. The van der Waals surface area contributed by atoms with Crippen LogP contribution in [0.25, 0.3) is 5.57 Å². The number of carbonyl (C=O) groups is 1. The van der Waals surface area contributed by atoms with Crippen molar-refractivity contribution in [2.75, 3.05) is 6.61 Å². The lowest BCUT2D eigenvalue weighted by atomic mass is 10.2. The zero-order chi connectivity index (χ0) is 12.4. The van der Waals surface area contributed by atoms with Crippen LogP contribution in [-0.4, -0.2) is 27.2 Å². The van der Waals surface area contributed by atoms with Gasteiger partial charge in [0, 0.05) is 18.3 Å². The first-order valence-corrected chi connectivity index (χ1v) is 5.29. The molecule has 1 N–H and O–H groups in total. The minimum atomic E-state index is -0.665. The highest BCUT2D eigenvalue weighted by Gasteiger charge is 2.23. The van der Waals surface area contributed by atoms with Crippen molar-refractivity contribution in [2.45, 2.75) is 19.9 Å². The predicted molar refractivity (Wildman–Crippen MR) is 59.7 cm³/mol. The molecule has 0 radical (unpaired) electrons. The fraction of sp³-hybridized carbons (Fsp3) is 0.364. The van der Waals surface area contributed by atoms with Crippen molar-refractivity contribution in [3.05, 3.63) is 34.2 Å². The average molecular weight is 236 g/mol. The van der Waals surface area contributed by atoms with Crippen molar-refractivity contribution < 1.29 is 14.6 Å². The Morgan fingerprint density at radius 3 is 3.12 bits per heavy atom. The highest BCUT2D eigenvalue weighted by Crippen LogP contribution is 2.22. The summed E-state index contributed by atoms with van der Waals surface area (Å²) in [6.07, 6.45) is 2.67. The molecule has 1 aliphatic rings. The smallest absolute Gasteiger partial charge is 0.345 e. The van der Waals surface area contributed by atoms with Gasteiger partial charge in [-0.2, -0.15) is 0 Å². The Morgan fingerprint density at radius 1 is 1.71 bits per heavy atom. The maximum absolute atomic E-state index is 12.0. The molecule has 17 heavy (non-hydrogen) atoms. The number of hydrogen-bond acceptors (Lipinski definition) is 5. The molecule has 0 saturated heterocycles. The fourth-order valence-electron chi connectivity index (χ4n) is 1.77. The molecule has 0 fully saturated rings. The number of hydrogen-bond donors (Lipinski definition) is 1. The number of carbonyl (C=O) groups excluding carboxylic acids is 1. The third-order valence-electron chi connectivity index (χ3n) is 2.59. The molecule has 6 nitrogen and oxygen atoms in total. The zero-order valence-corrected chi connectivity index (χ0v) is 9.34. The Hall–Kier alpha value is -2.11. The molecule has 0 bridgehead atoms. The summed E-state index contributed by atoms with van der Waals surface area (Å²) in [5.74, 6) is -0.257. The number of aromatic nitrogens is 2. The van der Waals surface area contributed by atoms with E-state index in [-0.39, 0.29) is 12.2 Å².